The van der Waals surface area contributed by atoms with Gasteiger partial charge in [0.25, 0.3) is 5.91 Å². The van der Waals surface area contributed by atoms with Gasteiger partial charge in [0.15, 0.2) is 0 Å². The maximum Gasteiger partial charge on any atom is 0.323 e. The molecule has 1 aromatic rings. The van der Waals surface area contributed by atoms with Crippen LogP contribution < -0.4 is 5.32 Å². The quantitative estimate of drug-likeness (QED) is 0.790. The van der Waals surface area contributed by atoms with Crippen molar-refractivity contribution in [2.24, 2.45) is 0 Å². The third-order valence-corrected chi connectivity index (χ3v) is 3.09. The van der Waals surface area contributed by atoms with Crippen LogP contribution in [-0.4, -0.2) is 52.6 Å². The Bertz CT molecular complexity index is 455. The van der Waals surface area contributed by atoms with Crippen LogP contribution in [0.15, 0.2) is 18.3 Å². The number of carbonyl (C=O) groups is 2. The molecule has 2 heterocycles. The second kappa shape index (κ2) is 5.22. The highest BCUT2D eigenvalue weighted by atomic mass is 16.4. The molecule has 1 aliphatic rings. The molecule has 0 aliphatic carbocycles. The number of nitrogens with zero attached hydrogens (tertiary/aromatic N) is 2. The molecule has 2 N–H and O–H groups in total. The molecular weight excluding hydrogens is 234 g/mol. The van der Waals surface area contributed by atoms with Gasteiger partial charge >= 0.3 is 5.97 Å². The van der Waals surface area contributed by atoms with E-state index in [2.05, 4.69) is 10.2 Å². The number of carboxylic acids is 1. The second-order valence-corrected chi connectivity index (χ2v) is 4.64. The molecule has 6 heteroatoms. The number of carboxylic acid groups (broad SMARTS) is 1. The van der Waals surface area contributed by atoms with Crippen LogP contribution in [0.4, 0.5) is 0 Å². The zero-order valence-corrected chi connectivity index (χ0v) is 10.3. The smallest absolute Gasteiger partial charge is 0.323 e. The van der Waals surface area contributed by atoms with E-state index in [0.29, 0.717) is 5.69 Å². The summed E-state index contributed by atoms with van der Waals surface area (Å²) >= 11 is 0. The maximum absolute atomic E-state index is 12.0. The molecule has 2 rings (SSSR count). The molecule has 0 aromatic carbocycles. The molecule has 1 aliphatic heterocycles. The standard InChI is InChI=1S/C12H17N3O3/c1-14-6-4-9(7-14)13-12(18)10-3-2-5-15(10)8-11(16)17/h2-3,5,9H,4,6-8H2,1H3,(H,13,18)(H,16,17). The summed E-state index contributed by atoms with van der Waals surface area (Å²) in [6, 6.07) is 3.46. The molecule has 0 spiro atoms. The van der Waals surface area contributed by atoms with E-state index in [-0.39, 0.29) is 18.5 Å². The molecule has 1 fully saturated rings. The molecule has 0 saturated carbocycles. The summed E-state index contributed by atoms with van der Waals surface area (Å²) in [6.45, 7) is 1.62. The van der Waals surface area contributed by atoms with Crippen LogP contribution in [-0.2, 0) is 11.3 Å². The van der Waals surface area contributed by atoms with Crippen molar-refractivity contribution in [2.75, 3.05) is 20.1 Å². The first-order chi connectivity index (χ1) is 8.56. The van der Waals surface area contributed by atoms with Crippen molar-refractivity contribution in [1.82, 2.24) is 14.8 Å². The average Bonchev–Trinajstić information content (AvgIpc) is 2.87. The van der Waals surface area contributed by atoms with Crippen molar-refractivity contribution in [3.8, 4) is 0 Å². The predicted octanol–water partition coefficient (Wildman–Crippen LogP) is 0.00660. The second-order valence-electron chi connectivity index (χ2n) is 4.64. The SMILES string of the molecule is CN1CCC(NC(=O)c2cccn2CC(=O)O)C1. The Balaban J connectivity index is 2.00. The highest BCUT2D eigenvalue weighted by Gasteiger charge is 2.22. The normalized spacial score (nSPS) is 19.9. The monoisotopic (exact) mass is 251 g/mol. The highest BCUT2D eigenvalue weighted by molar-refractivity contribution is 5.93. The molecular formula is C12H17N3O3. The van der Waals surface area contributed by atoms with Crippen molar-refractivity contribution in [2.45, 2.75) is 19.0 Å². The largest absolute Gasteiger partial charge is 0.480 e. The summed E-state index contributed by atoms with van der Waals surface area (Å²) in [6.07, 6.45) is 2.53. The topological polar surface area (TPSA) is 74.6 Å². The minimum Gasteiger partial charge on any atom is -0.480 e. The molecule has 1 unspecified atom stereocenters. The fourth-order valence-corrected chi connectivity index (χ4v) is 2.22. The zero-order chi connectivity index (χ0) is 13.1. The number of likely N-dealkylation sites (N-methyl/N-ethyl adjacent to an activating group) is 1. The van der Waals surface area contributed by atoms with Gasteiger partial charge in [-0.05, 0) is 32.1 Å². The molecule has 1 saturated heterocycles. The maximum atomic E-state index is 12.0. The number of aromatic nitrogens is 1. The lowest BCUT2D eigenvalue weighted by atomic mass is 10.2. The van der Waals surface area contributed by atoms with Gasteiger partial charge in [-0.25, -0.2) is 0 Å². The number of hydrogen-bond donors (Lipinski definition) is 2. The van der Waals surface area contributed by atoms with Crippen LogP contribution in [0.2, 0.25) is 0 Å². The fraction of sp³-hybridized carbons (Fsp3) is 0.500. The van der Waals surface area contributed by atoms with Crippen molar-refractivity contribution in [1.29, 1.82) is 0 Å². The summed E-state index contributed by atoms with van der Waals surface area (Å²) in [4.78, 5) is 24.9. The van der Waals surface area contributed by atoms with E-state index in [1.54, 1.807) is 18.3 Å². The van der Waals surface area contributed by atoms with E-state index in [1.807, 2.05) is 7.05 Å². The van der Waals surface area contributed by atoms with Gasteiger partial charge in [-0.2, -0.15) is 0 Å². The number of aliphatic carboxylic acids is 1. The van der Waals surface area contributed by atoms with Crippen LogP contribution in [0.25, 0.3) is 0 Å². The summed E-state index contributed by atoms with van der Waals surface area (Å²) in [7, 11) is 2.01. The Morgan fingerprint density at radius 1 is 1.56 bits per heavy atom. The molecule has 1 aromatic heterocycles. The molecule has 18 heavy (non-hydrogen) atoms. The van der Waals surface area contributed by atoms with E-state index < -0.39 is 5.97 Å². The molecule has 6 nitrogen and oxygen atoms in total. The van der Waals surface area contributed by atoms with Crippen molar-refractivity contribution < 1.29 is 14.7 Å². The van der Waals surface area contributed by atoms with E-state index in [4.69, 9.17) is 5.11 Å². The van der Waals surface area contributed by atoms with E-state index in [1.165, 1.54) is 4.57 Å². The number of carbonyl (C=O) groups excluding carboxylic acids is 1. The van der Waals surface area contributed by atoms with Gasteiger partial charge in [0.2, 0.25) is 0 Å². The van der Waals surface area contributed by atoms with Gasteiger partial charge in [-0.3, -0.25) is 9.59 Å². The third kappa shape index (κ3) is 2.89. The number of hydrogen-bond acceptors (Lipinski definition) is 3. The molecule has 1 atom stereocenters. The van der Waals surface area contributed by atoms with Crippen molar-refractivity contribution >= 4 is 11.9 Å². The van der Waals surface area contributed by atoms with Gasteiger partial charge in [0.1, 0.15) is 12.2 Å². The van der Waals surface area contributed by atoms with Crippen LogP contribution in [0.3, 0.4) is 0 Å². The van der Waals surface area contributed by atoms with Gasteiger partial charge in [0.05, 0.1) is 0 Å². The van der Waals surface area contributed by atoms with Crippen LogP contribution in [0.5, 0.6) is 0 Å². The van der Waals surface area contributed by atoms with Gasteiger partial charge < -0.3 is 19.9 Å². The van der Waals surface area contributed by atoms with Gasteiger partial charge in [-0.15, -0.1) is 0 Å². The fourth-order valence-electron chi connectivity index (χ4n) is 2.22. The van der Waals surface area contributed by atoms with Gasteiger partial charge in [-0.1, -0.05) is 0 Å². The summed E-state index contributed by atoms with van der Waals surface area (Å²) in [5.41, 5.74) is 0.395. The lowest BCUT2D eigenvalue weighted by Gasteiger charge is -2.13. The van der Waals surface area contributed by atoms with Crippen molar-refractivity contribution in [3.63, 3.8) is 0 Å². The minimum absolute atomic E-state index is 0.149. The van der Waals surface area contributed by atoms with E-state index in [0.717, 1.165) is 19.5 Å². The van der Waals surface area contributed by atoms with Crippen molar-refractivity contribution in [3.05, 3.63) is 24.0 Å². The predicted molar refractivity (Wildman–Crippen MR) is 65.4 cm³/mol. The minimum atomic E-state index is -0.958. The highest BCUT2D eigenvalue weighted by Crippen LogP contribution is 2.08. The number of nitrogens with one attached hydrogen (secondary N) is 1. The Hall–Kier alpha value is -1.82. The van der Waals surface area contributed by atoms with E-state index >= 15 is 0 Å². The Kier molecular flexibility index (Phi) is 3.66. The molecule has 0 bridgehead atoms. The lowest BCUT2D eigenvalue weighted by molar-refractivity contribution is -0.137. The lowest BCUT2D eigenvalue weighted by Crippen LogP contribution is -2.37. The van der Waals surface area contributed by atoms with Crippen LogP contribution >= 0.6 is 0 Å². The summed E-state index contributed by atoms with van der Waals surface area (Å²) in [5.74, 6) is -1.16. The third-order valence-electron chi connectivity index (χ3n) is 3.09. The van der Waals surface area contributed by atoms with E-state index in [9.17, 15) is 9.59 Å². The molecule has 98 valence electrons. The number of rotatable bonds is 4. The van der Waals surface area contributed by atoms with Crippen LogP contribution in [0.1, 0.15) is 16.9 Å². The first kappa shape index (κ1) is 12.6. The van der Waals surface area contributed by atoms with Gasteiger partial charge in [0, 0.05) is 18.8 Å². The van der Waals surface area contributed by atoms with Crippen LogP contribution in [0, 0.1) is 0 Å². The average molecular weight is 251 g/mol. The molecule has 1 amide bonds. The first-order valence-electron chi connectivity index (χ1n) is 5.92. The number of likely N-dealkylation sites (tertiary alicyclic amines) is 1. The molecule has 0 radical (unpaired) electrons. The Morgan fingerprint density at radius 2 is 2.33 bits per heavy atom. The summed E-state index contributed by atoms with van der Waals surface area (Å²) < 4.78 is 1.44. The summed E-state index contributed by atoms with van der Waals surface area (Å²) in [5, 5.41) is 11.7. The first-order valence-corrected chi connectivity index (χ1v) is 5.92. The Morgan fingerprint density at radius 3 is 2.94 bits per heavy atom. The number of amides is 1. The Labute approximate surface area is 105 Å². The zero-order valence-electron chi connectivity index (χ0n) is 10.3.